The lowest BCUT2D eigenvalue weighted by atomic mass is 10.2. The standard InChI is InChI=1S/C16H17FN4O/c17-13-3-1-2-12(10-13)16(22)20-15-5-4-14(11-19-15)21-8-6-18-7-9-21/h1-5,10-11,18H,6-9H2,(H,19,20,22). The van der Waals surface area contributed by atoms with Gasteiger partial charge in [0.15, 0.2) is 0 Å². The van der Waals surface area contributed by atoms with Crippen molar-refractivity contribution in [1.82, 2.24) is 10.3 Å². The van der Waals surface area contributed by atoms with Crippen molar-refractivity contribution in [1.29, 1.82) is 0 Å². The van der Waals surface area contributed by atoms with Crippen molar-refractivity contribution in [2.45, 2.75) is 0 Å². The summed E-state index contributed by atoms with van der Waals surface area (Å²) in [6, 6.07) is 9.26. The van der Waals surface area contributed by atoms with E-state index in [0.29, 0.717) is 5.82 Å². The minimum Gasteiger partial charge on any atom is -0.368 e. The minimum absolute atomic E-state index is 0.271. The van der Waals surface area contributed by atoms with Crippen LogP contribution in [0.4, 0.5) is 15.9 Å². The van der Waals surface area contributed by atoms with Gasteiger partial charge in [0.1, 0.15) is 11.6 Å². The molecule has 2 heterocycles. The molecule has 0 saturated carbocycles. The summed E-state index contributed by atoms with van der Waals surface area (Å²) >= 11 is 0. The van der Waals surface area contributed by atoms with Crippen molar-refractivity contribution < 1.29 is 9.18 Å². The molecule has 1 aromatic carbocycles. The van der Waals surface area contributed by atoms with E-state index in [-0.39, 0.29) is 11.5 Å². The number of nitrogens with zero attached hydrogens (tertiary/aromatic N) is 2. The maximum atomic E-state index is 13.1. The van der Waals surface area contributed by atoms with Crippen LogP contribution in [0.2, 0.25) is 0 Å². The van der Waals surface area contributed by atoms with Crippen LogP contribution in [0.5, 0.6) is 0 Å². The van der Waals surface area contributed by atoms with Gasteiger partial charge in [0, 0.05) is 31.7 Å². The Morgan fingerprint density at radius 3 is 2.73 bits per heavy atom. The normalized spacial score (nSPS) is 14.7. The molecule has 0 atom stereocenters. The van der Waals surface area contributed by atoms with E-state index < -0.39 is 5.82 Å². The number of anilines is 2. The molecule has 5 nitrogen and oxygen atoms in total. The average Bonchev–Trinajstić information content (AvgIpc) is 2.56. The van der Waals surface area contributed by atoms with Gasteiger partial charge < -0.3 is 15.5 Å². The molecule has 0 spiro atoms. The molecule has 22 heavy (non-hydrogen) atoms. The Bertz CT molecular complexity index is 653. The van der Waals surface area contributed by atoms with Crippen molar-refractivity contribution in [3.63, 3.8) is 0 Å². The first kappa shape index (κ1) is 14.5. The number of amides is 1. The molecule has 1 aromatic heterocycles. The lowest BCUT2D eigenvalue weighted by Gasteiger charge is -2.29. The molecule has 2 N–H and O–H groups in total. The van der Waals surface area contributed by atoms with Gasteiger partial charge in [-0.05, 0) is 30.3 Å². The number of pyridine rings is 1. The molecule has 1 aliphatic heterocycles. The maximum absolute atomic E-state index is 13.1. The third-order valence-electron chi connectivity index (χ3n) is 3.56. The molecule has 2 aromatic rings. The van der Waals surface area contributed by atoms with Crippen LogP contribution in [0.1, 0.15) is 10.4 Å². The van der Waals surface area contributed by atoms with E-state index in [9.17, 15) is 9.18 Å². The van der Waals surface area contributed by atoms with Crippen LogP contribution in [0.15, 0.2) is 42.6 Å². The lowest BCUT2D eigenvalue weighted by molar-refractivity contribution is 0.102. The van der Waals surface area contributed by atoms with E-state index in [1.807, 2.05) is 6.07 Å². The molecular weight excluding hydrogens is 283 g/mol. The van der Waals surface area contributed by atoms with E-state index in [1.165, 1.54) is 18.2 Å². The molecule has 6 heteroatoms. The smallest absolute Gasteiger partial charge is 0.256 e. The van der Waals surface area contributed by atoms with Crippen molar-refractivity contribution in [3.8, 4) is 0 Å². The summed E-state index contributed by atoms with van der Waals surface area (Å²) in [5.41, 5.74) is 1.30. The molecule has 0 radical (unpaired) electrons. The van der Waals surface area contributed by atoms with E-state index in [0.717, 1.165) is 31.9 Å². The quantitative estimate of drug-likeness (QED) is 0.909. The Hall–Kier alpha value is -2.47. The zero-order valence-corrected chi connectivity index (χ0v) is 12.1. The summed E-state index contributed by atoms with van der Waals surface area (Å²) in [4.78, 5) is 18.5. The zero-order valence-electron chi connectivity index (χ0n) is 12.1. The number of nitrogens with one attached hydrogen (secondary N) is 2. The second-order valence-electron chi connectivity index (χ2n) is 5.10. The highest BCUT2D eigenvalue weighted by molar-refractivity contribution is 6.03. The highest BCUT2D eigenvalue weighted by atomic mass is 19.1. The summed E-state index contributed by atoms with van der Waals surface area (Å²) in [7, 11) is 0. The van der Waals surface area contributed by atoms with Gasteiger partial charge in [-0.3, -0.25) is 4.79 Å². The summed E-state index contributed by atoms with van der Waals surface area (Å²) in [6.07, 6.45) is 1.74. The van der Waals surface area contributed by atoms with Crippen LogP contribution in [-0.4, -0.2) is 37.1 Å². The summed E-state index contributed by atoms with van der Waals surface area (Å²) < 4.78 is 13.1. The second-order valence-corrected chi connectivity index (χ2v) is 5.10. The first-order chi connectivity index (χ1) is 10.7. The Morgan fingerprint density at radius 2 is 2.05 bits per heavy atom. The molecule has 1 saturated heterocycles. The number of piperazine rings is 1. The predicted molar refractivity (Wildman–Crippen MR) is 83.7 cm³/mol. The van der Waals surface area contributed by atoms with Gasteiger partial charge in [0.2, 0.25) is 0 Å². The largest absolute Gasteiger partial charge is 0.368 e. The van der Waals surface area contributed by atoms with Gasteiger partial charge in [-0.15, -0.1) is 0 Å². The van der Waals surface area contributed by atoms with Crippen molar-refractivity contribution in [2.75, 3.05) is 36.4 Å². The summed E-state index contributed by atoms with van der Waals surface area (Å²) in [6.45, 7) is 3.80. The predicted octanol–water partition coefficient (Wildman–Crippen LogP) is 1.88. The Kier molecular flexibility index (Phi) is 4.29. The summed E-state index contributed by atoms with van der Waals surface area (Å²) in [5.74, 6) is -0.357. The van der Waals surface area contributed by atoms with Crippen LogP contribution in [0, 0.1) is 5.82 Å². The van der Waals surface area contributed by atoms with Gasteiger partial charge in [-0.1, -0.05) is 6.07 Å². The number of carbonyl (C=O) groups is 1. The van der Waals surface area contributed by atoms with Gasteiger partial charge in [-0.25, -0.2) is 9.37 Å². The van der Waals surface area contributed by atoms with E-state index >= 15 is 0 Å². The number of aromatic nitrogens is 1. The monoisotopic (exact) mass is 300 g/mol. The van der Waals surface area contributed by atoms with Crippen LogP contribution in [0.25, 0.3) is 0 Å². The Morgan fingerprint density at radius 1 is 1.23 bits per heavy atom. The Balaban J connectivity index is 1.66. The molecular formula is C16H17FN4O. The molecule has 0 unspecified atom stereocenters. The SMILES string of the molecule is O=C(Nc1ccc(N2CCNCC2)cn1)c1cccc(F)c1. The van der Waals surface area contributed by atoms with Crippen molar-refractivity contribution in [3.05, 3.63) is 54.0 Å². The number of rotatable bonds is 3. The van der Waals surface area contributed by atoms with Crippen molar-refractivity contribution in [2.24, 2.45) is 0 Å². The highest BCUT2D eigenvalue weighted by Crippen LogP contribution is 2.16. The van der Waals surface area contributed by atoms with Gasteiger partial charge in [0.25, 0.3) is 5.91 Å². The lowest BCUT2D eigenvalue weighted by Crippen LogP contribution is -2.43. The molecule has 1 amide bonds. The molecule has 0 aliphatic carbocycles. The molecule has 3 rings (SSSR count). The molecule has 1 aliphatic rings. The third kappa shape index (κ3) is 3.40. The van der Waals surface area contributed by atoms with Crippen LogP contribution in [0.3, 0.4) is 0 Å². The van der Waals surface area contributed by atoms with E-state index in [4.69, 9.17) is 0 Å². The van der Waals surface area contributed by atoms with Crippen molar-refractivity contribution >= 4 is 17.4 Å². The number of carbonyl (C=O) groups excluding carboxylic acids is 1. The first-order valence-electron chi connectivity index (χ1n) is 7.21. The molecule has 1 fully saturated rings. The fraction of sp³-hybridized carbons (Fsp3) is 0.250. The van der Waals surface area contributed by atoms with Crippen LogP contribution in [-0.2, 0) is 0 Å². The van der Waals surface area contributed by atoms with Gasteiger partial charge >= 0.3 is 0 Å². The number of hydrogen-bond acceptors (Lipinski definition) is 4. The van der Waals surface area contributed by atoms with Crippen LogP contribution < -0.4 is 15.5 Å². The van der Waals surface area contributed by atoms with Gasteiger partial charge in [0.05, 0.1) is 11.9 Å². The number of hydrogen-bond donors (Lipinski definition) is 2. The highest BCUT2D eigenvalue weighted by Gasteiger charge is 2.11. The minimum atomic E-state index is -0.435. The zero-order chi connectivity index (χ0) is 15.4. The molecule has 0 bridgehead atoms. The van der Waals surface area contributed by atoms with E-state index in [2.05, 4.69) is 20.5 Å². The van der Waals surface area contributed by atoms with E-state index in [1.54, 1.807) is 18.3 Å². The fourth-order valence-corrected chi connectivity index (χ4v) is 2.39. The van der Waals surface area contributed by atoms with Gasteiger partial charge in [-0.2, -0.15) is 0 Å². The summed E-state index contributed by atoms with van der Waals surface area (Å²) in [5, 5.41) is 5.96. The topological polar surface area (TPSA) is 57.3 Å². The molecule has 114 valence electrons. The maximum Gasteiger partial charge on any atom is 0.256 e. The fourth-order valence-electron chi connectivity index (χ4n) is 2.39. The Labute approximate surface area is 128 Å². The number of halogens is 1. The average molecular weight is 300 g/mol. The number of benzene rings is 1. The second kappa shape index (κ2) is 6.53. The first-order valence-corrected chi connectivity index (χ1v) is 7.21. The third-order valence-corrected chi connectivity index (χ3v) is 3.56. The van der Waals surface area contributed by atoms with Crippen LogP contribution >= 0.6 is 0 Å².